The van der Waals surface area contributed by atoms with Gasteiger partial charge in [0.15, 0.2) is 0 Å². The number of carbonyl (C=O) groups is 3. The van der Waals surface area contributed by atoms with Crippen molar-refractivity contribution >= 4 is 57.0 Å². The van der Waals surface area contributed by atoms with Gasteiger partial charge in [0.2, 0.25) is 15.9 Å². The fraction of sp³-hybridized carbons (Fsp3) is 0.0645. The largest absolute Gasteiger partial charge is 0.496 e. The highest BCUT2D eigenvalue weighted by molar-refractivity contribution is 8.00. The molecule has 0 heterocycles. The molecule has 0 saturated carbocycles. The molecule has 0 aromatic heterocycles. The van der Waals surface area contributed by atoms with Crippen molar-refractivity contribution in [2.75, 3.05) is 23.5 Å². The number of rotatable bonds is 11. The molecule has 0 radical (unpaired) electrons. The number of anilines is 2. The zero-order valence-electron chi connectivity index (χ0n) is 22.9. The third-order valence-electron chi connectivity index (χ3n) is 5.92. The van der Waals surface area contributed by atoms with Crippen LogP contribution < -0.4 is 25.8 Å². The van der Waals surface area contributed by atoms with Gasteiger partial charge in [0.05, 0.1) is 17.8 Å². The minimum atomic E-state index is -3.81. The van der Waals surface area contributed by atoms with Crippen molar-refractivity contribution in [3.8, 4) is 5.75 Å². The van der Waals surface area contributed by atoms with Gasteiger partial charge in [-0.3, -0.25) is 14.4 Å². The highest BCUT2D eigenvalue weighted by Gasteiger charge is 2.16. The number of carbonyl (C=O) groups excluding carboxylic acids is 3. The van der Waals surface area contributed by atoms with E-state index in [0.717, 1.165) is 4.90 Å². The van der Waals surface area contributed by atoms with Crippen LogP contribution in [0.15, 0.2) is 119 Å². The van der Waals surface area contributed by atoms with Crippen LogP contribution in [-0.4, -0.2) is 39.0 Å². The normalized spacial score (nSPS) is 11.3. The van der Waals surface area contributed by atoms with Gasteiger partial charge in [0.25, 0.3) is 11.8 Å². The van der Waals surface area contributed by atoms with E-state index in [9.17, 15) is 22.8 Å². The number of methoxy groups -OCH3 is 1. The number of amides is 3. The van der Waals surface area contributed by atoms with Gasteiger partial charge in [-0.2, -0.15) is 0 Å². The maximum absolute atomic E-state index is 13.3. The lowest BCUT2D eigenvalue weighted by atomic mass is 10.1. The molecule has 12 heteroatoms. The zero-order chi connectivity index (χ0) is 30.8. The number of benzene rings is 4. The molecule has 0 aliphatic rings. The lowest BCUT2D eigenvalue weighted by molar-refractivity contribution is -0.114. The van der Waals surface area contributed by atoms with Crippen molar-refractivity contribution in [1.82, 2.24) is 5.32 Å². The Balaban J connectivity index is 1.40. The first kappa shape index (κ1) is 31.0. The number of ether oxygens (including phenoxy) is 1. The van der Waals surface area contributed by atoms with Crippen LogP contribution in [0.4, 0.5) is 11.4 Å². The van der Waals surface area contributed by atoms with E-state index in [1.54, 1.807) is 84.9 Å². The fourth-order valence-corrected chi connectivity index (χ4v) is 5.00. The molecule has 0 bridgehead atoms. The predicted molar refractivity (Wildman–Crippen MR) is 167 cm³/mol. The summed E-state index contributed by atoms with van der Waals surface area (Å²) in [6.45, 7) is 0. The molecule has 4 rings (SSSR count). The van der Waals surface area contributed by atoms with E-state index in [1.807, 2.05) is 0 Å². The summed E-state index contributed by atoms with van der Waals surface area (Å²) in [7, 11) is -2.29. The number of thioether (sulfide) groups is 1. The highest BCUT2D eigenvalue weighted by Crippen LogP contribution is 2.23. The third-order valence-corrected chi connectivity index (χ3v) is 7.86. The van der Waals surface area contributed by atoms with E-state index >= 15 is 0 Å². The molecule has 5 N–H and O–H groups in total. The zero-order valence-corrected chi connectivity index (χ0v) is 24.6. The second kappa shape index (κ2) is 14.3. The fourth-order valence-electron chi connectivity index (χ4n) is 3.79. The molecule has 0 aliphatic heterocycles. The second-order valence-corrected chi connectivity index (χ2v) is 11.6. The Morgan fingerprint density at radius 1 is 0.814 bits per heavy atom. The number of primary sulfonamides is 1. The number of hydrogen-bond donors (Lipinski definition) is 4. The van der Waals surface area contributed by atoms with Crippen molar-refractivity contribution in [1.29, 1.82) is 0 Å². The first-order valence-corrected chi connectivity index (χ1v) is 15.3. The molecular weight excluding hydrogens is 588 g/mol. The molecule has 3 amide bonds. The summed E-state index contributed by atoms with van der Waals surface area (Å²) in [5.74, 6) is -0.635. The van der Waals surface area contributed by atoms with E-state index < -0.39 is 21.8 Å². The van der Waals surface area contributed by atoms with E-state index in [4.69, 9.17) is 9.88 Å². The molecule has 0 spiro atoms. The first-order valence-electron chi connectivity index (χ1n) is 12.8. The van der Waals surface area contributed by atoms with Crippen LogP contribution >= 0.6 is 11.8 Å². The molecular formula is C31H28N4O6S2. The second-order valence-electron chi connectivity index (χ2n) is 9.00. The Labute approximate surface area is 253 Å². The molecule has 0 aliphatic carbocycles. The number of nitrogens with one attached hydrogen (secondary N) is 3. The molecule has 220 valence electrons. The summed E-state index contributed by atoms with van der Waals surface area (Å²) < 4.78 is 28.1. The van der Waals surface area contributed by atoms with Gasteiger partial charge in [0, 0.05) is 27.4 Å². The predicted octanol–water partition coefficient (Wildman–Crippen LogP) is 4.48. The molecule has 0 atom stereocenters. The van der Waals surface area contributed by atoms with Gasteiger partial charge < -0.3 is 20.7 Å². The van der Waals surface area contributed by atoms with Crippen molar-refractivity contribution in [3.63, 3.8) is 0 Å². The molecule has 10 nitrogen and oxygen atoms in total. The van der Waals surface area contributed by atoms with Crippen LogP contribution in [0.5, 0.6) is 5.75 Å². The smallest absolute Gasteiger partial charge is 0.272 e. The summed E-state index contributed by atoms with van der Waals surface area (Å²) in [6.07, 6.45) is 1.54. The van der Waals surface area contributed by atoms with Crippen LogP contribution in [0.25, 0.3) is 6.08 Å². The Morgan fingerprint density at radius 3 is 2.07 bits per heavy atom. The van der Waals surface area contributed by atoms with Crippen LogP contribution in [-0.2, 0) is 19.6 Å². The Hall–Kier alpha value is -4.91. The molecule has 43 heavy (non-hydrogen) atoms. The molecule has 0 unspecified atom stereocenters. The summed E-state index contributed by atoms with van der Waals surface area (Å²) in [5, 5.41) is 13.3. The average Bonchev–Trinajstić information content (AvgIpc) is 3.01. The summed E-state index contributed by atoms with van der Waals surface area (Å²) >= 11 is 1.28. The standard InChI is InChI=1S/C31H28N4O6S2/c1-41-28-10-6-5-9-22(28)19-27(35-30(37)21-7-3-2-4-8-21)31(38)34-24-11-15-25(16-12-24)42-20-29(36)33-23-13-17-26(18-14-23)43(32,39)40/h2-19H,20H2,1H3,(H,33,36)(H,34,38)(H,35,37)(H2,32,39,40)/b27-19-. The maximum Gasteiger partial charge on any atom is 0.272 e. The lowest BCUT2D eigenvalue weighted by Crippen LogP contribution is -2.30. The van der Waals surface area contributed by atoms with Gasteiger partial charge in [0.1, 0.15) is 11.4 Å². The van der Waals surface area contributed by atoms with Gasteiger partial charge in [-0.15, -0.1) is 11.8 Å². The minimum Gasteiger partial charge on any atom is -0.496 e. The Bertz CT molecular complexity index is 1740. The summed E-state index contributed by atoms with van der Waals surface area (Å²) in [6, 6.07) is 28.1. The third kappa shape index (κ3) is 9.04. The molecule has 0 fully saturated rings. The van der Waals surface area contributed by atoms with Crippen molar-refractivity contribution in [2.24, 2.45) is 5.14 Å². The van der Waals surface area contributed by atoms with E-state index in [-0.39, 0.29) is 22.3 Å². The monoisotopic (exact) mass is 616 g/mol. The van der Waals surface area contributed by atoms with Gasteiger partial charge >= 0.3 is 0 Å². The number of hydrogen-bond acceptors (Lipinski definition) is 7. The van der Waals surface area contributed by atoms with Gasteiger partial charge in [-0.05, 0) is 72.8 Å². The maximum atomic E-state index is 13.3. The van der Waals surface area contributed by atoms with Crippen LogP contribution in [0.3, 0.4) is 0 Å². The van der Waals surface area contributed by atoms with Gasteiger partial charge in [-0.25, -0.2) is 13.6 Å². The summed E-state index contributed by atoms with van der Waals surface area (Å²) in [5.41, 5.74) is 1.94. The van der Waals surface area contributed by atoms with Crippen molar-refractivity contribution < 1.29 is 27.5 Å². The minimum absolute atomic E-state index is 0.0190. The molecule has 0 saturated heterocycles. The Kier molecular flexibility index (Phi) is 10.3. The molecule has 4 aromatic carbocycles. The van der Waals surface area contributed by atoms with Crippen LogP contribution in [0.1, 0.15) is 15.9 Å². The Morgan fingerprint density at radius 2 is 1.42 bits per heavy atom. The van der Waals surface area contributed by atoms with E-state index in [1.165, 1.54) is 43.1 Å². The summed E-state index contributed by atoms with van der Waals surface area (Å²) in [4.78, 5) is 39.3. The quantitative estimate of drug-likeness (QED) is 0.143. The van der Waals surface area contributed by atoms with E-state index in [0.29, 0.717) is 28.3 Å². The average molecular weight is 617 g/mol. The highest BCUT2D eigenvalue weighted by atomic mass is 32.2. The van der Waals surface area contributed by atoms with Crippen molar-refractivity contribution in [3.05, 3.63) is 120 Å². The SMILES string of the molecule is COc1ccccc1/C=C(\NC(=O)c1ccccc1)C(=O)Nc1ccc(SCC(=O)Nc2ccc(S(N)(=O)=O)cc2)cc1. The number of sulfonamides is 1. The lowest BCUT2D eigenvalue weighted by Gasteiger charge is -2.13. The number of para-hydroxylation sites is 1. The van der Waals surface area contributed by atoms with Crippen LogP contribution in [0, 0.1) is 0 Å². The van der Waals surface area contributed by atoms with E-state index in [2.05, 4.69) is 16.0 Å². The van der Waals surface area contributed by atoms with Gasteiger partial charge in [-0.1, -0.05) is 36.4 Å². The van der Waals surface area contributed by atoms with Crippen molar-refractivity contribution in [2.45, 2.75) is 9.79 Å². The first-order chi connectivity index (χ1) is 20.6. The topological polar surface area (TPSA) is 157 Å². The van der Waals surface area contributed by atoms with Crippen LogP contribution in [0.2, 0.25) is 0 Å². The molecule has 4 aromatic rings. The number of nitrogens with two attached hydrogens (primary N) is 1.